The molecule has 6 heteroatoms. The molecule has 0 saturated heterocycles. The molecule has 0 spiro atoms. The molecule has 4 rings (SSSR count). The molecule has 1 aliphatic heterocycles. The zero-order valence-electron chi connectivity index (χ0n) is 15.5. The number of amides is 1. The first-order valence-electron chi connectivity index (χ1n) is 9.15. The normalized spacial score (nSPS) is 13.8. The van der Waals surface area contributed by atoms with Crippen molar-refractivity contribution in [2.45, 2.75) is 23.6 Å². The number of carbonyl (C=O) groups excluding carboxylic acids is 1. The molecule has 0 aliphatic carbocycles. The lowest BCUT2D eigenvalue weighted by molar-refractivity contribution is 0.0910. The summed E-state index contributed by atoms with van der Waals surface area (Å²) >= 11 is 1.67. The van der Waals surface area contributed by atoms with Crippen LogP contribution in [0.4, 0.5) is 0 Å². The number of hydrogen-bond donors (Lipinski definition) is 1. The smallest absolute Gasteiger partial charge is 0.287 e. The number of thioether (sulfide) groups is 1. The topological polar surface area (TPSA) is 60.7 Å². The van der Waals surface area contributed by atoms with Crippen LogP contribution in [0.3, 0.4) is 0 Å². The lowest BCUT2D eigenvalue weighted by Crippen LogP contribution is -2.27. The van der Waals surface area contributed by atoms with E-state index in [4.69, 9.17) is 13.9 Å². The Morgan fingerprint density at radius 2 is 1.86 bits per heavy atom. The van der Waals surface area contributed by atoms with Gasteiger partial charge in [0.25, 0.3) is 5.91 Å². The Bertz CT molecular complexity index is 954. The maximum Gasteiger partial charge on any atom is 0.287 e. The summed E-state index contributed by atoms with van der Waals surface area (Å²) in [5.74, 6) is 2.24. The van der Waals surface area contributed by atoms with Crippen LogP contribution in [-0.4, -0.2) is 19.1 Å². The van der Waals surface area contributed by atoms with Gasteiger partial charge in [-0.15, -0.1) is 11.8 Å². The SMILES string of the molecule is CC(NC(=O)c1occc1CSc1ccccc1)c1ccc2c(c1)OCCO2. The average Bonchev–Trinajstić information content (AvgIpc) is 3.21. The van der Waals surface area contributed by atoms with Crippen molar-refractivity contribution in [3.63, 3.8) is 0 Å². The zero-order valence-corrected chi connectivity index (χ0v) is 16.3. The number of benzene rings is 2. The molecule has 0 saturated carbocycles. The Labute approximate surface area is 168 Å². The van der Waals surface area contributed by atoms with E-state index in [0.717, 1.165) is 21.8 Å². The standard InChI is InChI=1S/C22H21NO4S/c1-15(16-7-8-19-20(13-16)26-12-11-25-19)23-22(24)21-17(9-10-27-21)14-28-18-5-3-2-4-6-18/h2-10,13,15H,11-12,14H2,1H3,(H,23,24). The third kappa shape index (κ3) is 4.17. The summed E-state index contributed by atoms with van der Waals surface area (Å²) in [4.78, 5) is 13.9. The van der Waals surface area contributed by atoms with E-state index in [2.05, 4.69) is 17.4 Å². The monoisotopic (exact) mass is 395 g/mol. The van der Waals surface area contributed by atoms with Gasteiger partial charge in [-0.25, -0.2) is 0 Å². The largest absolute Gasteiger partial charge is 0.486 e. The van der Waals surface area contributed by atoms with Crippen LogP contribution in [0.1, 0.15) is 34.6 Å². The summed E-state index contributed by atoms with van der Waals surface area (Å²) in [5, 5.41) is 3.01. The van der Waals surface area contributed by atoms with Crippen LogP contribution in [0.5, 0.6) is 11.5 Å². The molecule has 1 amide bonds. The molecule has 1 aromatic heterocycles. The molecule has 28 heavy (non-hydrogen) atoms. The van der Waals surface area contributed by atoms with Crippen LogP contribution in [0.2, 0.25) is 0 Å². The van der Waals surface area contributed by atoms with Crippen molar-refractivity contribution in [2.24, 2.45) is 0 Å². The number of hydrogen-bond acceptors (Lipinski definition) is 5. The van der Waals surface area contributed by atoms with Crippen LogP contribution in [0.25, 0.3) is 0 Å². The maximum atomic E-state index is 12.7. The van der Waals surface area contributed by atoms with Gasteiger partial charge in [0.1, 0.15) is 13.2 Å². The summed E-state index contributed by atoms with van der Waals surface area (Å²) < 4.78 is 16.6. The van der Waals surface area contributed by atoms with Gasteiger partial charge in [-0.1, -0.05) is 24.3 Å². The first-order chi connectivity index (χ1) is 13.7. The van der Waals surface area contributed by atoms with Crippen LogP contribution >= 0.6 is 11.8 Å². The minimum absolute atomic E-state index is 0.192. The highest BCUT2D eigenvalue weighted by Gasteiger charge is 2.20. The minimum Gasteiger partial charge on any atom is -0.486 e. The molecule has 1 unspecified atom stereocenters. The van der Waals surface area contributed by atoms with E-state index in [1.54, 1.807) is 18.0 Å². The van der Waals surface area contributed by atoms with Gasteiger partial charge in [0.05, 0.1) is 12.3 Å². The average molecular weight is 395 g/mol. The van der Waals surface area contributed by atoms with Gasteiger partial charge in [0.2, 0.25) is 0 Å². The predicted octanol–water partition coefficient (Wildman–Crippen LogP) is 4.83. The summed E-state index contributed by atoms with van der Waals surface area (Å²) in [6.45, 7) is 3.03. The fraction of sp³-hybridized carbons (Fsp3) is 0.227. The van der Waals surface area contributed by atoms with E-state index in [1.807, 2.05) is 49.4 Å². The second kappa shape index (κ2) is 8.44. The van der Waals surface area contributed by atoms with Crippen molar-refractivity contribution in [3.05, 3.63) is 77.7 Å². The molecule has 3 aromatic rings. The Hall–Kier alpha value is -2.86. The van der Waals surface area contributed by atoms with Gasteiger partial charge >= 0.3 is 0 Å². The number of furan rings is 1. The van der Waals surface area contributed by atoms with Crippen molar-refractivity contribution in [3.8, 4) is 11.5 Å². The van der Waals surface area contributed by atoms with E-state index in [-0.39, 0.29) is 11.9 Å². The van der Waals surface area contributed by atoms with E-state index in [0.29, 0.717) is 30.5 Å². The van der Waals surface area contributed by atoms with Gasteiger partial charge < -0.3 is 19.2 Å². The first-order valence-corrected chi connectivity index (χ1v) is 10.1. The molecular formula is C22H21NO4S. The Balaban J connectivity index is 1.42. The predicted molar refractivity (Wildman–Crippen MR) is 108 cm³/mol. The summed E-state index contributed by atoms with van der Waals surface area (Å²) in [6.07, 6.45) is 1.56. The Kier molecular flexibility index (Phi) is 5.58. The number of nitrogens with one attached hydrogen (secondary N) is 1. The van der Waals surface area contributed by atoms with Crippen molar-refractivity contribution < 1.29 is 18.7 Å². The molecule has 1 aliphatic rings. The lowest BCUT2D eigenvalue weighted by atomic mass is 10.1. The van der Waals surface area contributed by atoms with E-state index in [9.17, 15) is 4.79 Å². The second-order valence-electron chi connectivity index (χ2n) is 6.47. The van der Waals surface area contributed by atoms with Crippen molar-refractivity contribution in [1.29, 1.82) is 0 Å². The number of ether oxygens (including phenoxy) is 2. The number of carbonyl (C=O) groups is 1. The third-order valence-electron chi connectivity index (χ3n) is 4.50. The highest BCUT2D eigenvalue weighted by atomic mass is 32.2. The zero-order chi connectivity index (χ0) is 19.3. The molecule has 0 fully saturated rings. The maximum absolute atomic E-state index is 12.7. The summed E-state index contributed by atoms with van der Waals surface area (Å²) in [5.41, 5.74) is 1.82. The molecule has 2 aromatic carbocycles. The van der Waals surface area contributed by atoms with Gasteiger partial charge in [-0.2, -0.15) is 0 Å². The molecule has 1 atom stereocenters. The molecule has 2 heterocycles. The number of fused-ring (bicyclic) bond motifs is 1. The third-order valence-corrected chi connectivity index (χ3v) is 5.57. The molecule has 1 N–H and O–H groups in total. The minimum atomic E-state index is -0.226. The summed E-state index contributed by atoms with van der Waals surface area (Å²) in [7, 11) is 0. The fourth-order valence-corrected chi connectivity index (χ4v) is 3.90. The van der Waals surface area contributed by atoms with E-state index < -0.39 is 0 Å². The van der Waals surface area contributed by atoms with Crippen LogP contribution in [-0.2, 0) is 5.75 Å². The van der Waals surface area contributed by atoms with Crippen molar-refractivity contribution >= 4 is 17.7 Å². The van der Waals surface area contributed by atoms with Crippen LogP contribution in [0, 0.1) is 0 Å². The fourth-order valence-electron chi connectivity index (χ4n) is 3.00. The summed E-state index contributed by atoms with van der Waals surface area (Å²) in [6, 6.07) is 17.5. The highest BCUT2D eigenvalue weighted by molar-refractivity contribution is 7.98. The van der Waals surface area contributed by atoms with Gasteiger partial charge in [0, 0.05) is 16.2 Å². The molecule has 0 radical (unpaired) electrons. The molecule has 5 nitrogen and oxygen atoms in total. The lowest BCUT2D eigenvalue weighted by Gasteiger charge is -2.21. The Morgan fingerprint density at radius 3 is 2.68 bits per heavy atom. The quantitative estimate of drug-likeness (QED) is 0.606. The second-order valence-corrected chi connectivity index (χ2v) is 7.52. The van der Waals surface area contributed by atoms with Gasteiger partial charge in [-0.3, -0.25) is 4.79 Å². The Morgan fingerprint density at radius 1 is 1.07 bits per heavy atom. The molecule has 144 valence electrons. The first kappa shape index (κ1) is 18.5. The van der Waals surface area contributed by atoms with Crippen molar-refractivity contribution in [1.82, 2.24) is 5.32 Å². The van der Waals surface area contributed by atoms with Gasteiger partial charge in [0.15, 0.2) is 17.3 Å². The van der Waals surface area contributed by atoms with Crippen LogP contribution < -0.4 is 14.8 Å². The van der Waals surface area contributed by atoms with Gasteiger partial charge in [-0.05, 0) is 42.8 Å². The number of rotatable bonds is 6. The van der Waals surface area contributed by atoms with Crippen molar-refractivity contribution in [2.75, 3.05) is 13.2 Å². The van der Waals surface area contributed by atoms with E-state index in [1.165, 1.54) is 0 Å². The molecular weight excluding hydrogens is 374 g/mol. The highest BCUT2D eigenvalue weighted by Crippen LogP contribution is 2.33. The van der Waals surface area contributed by atoms with Crippen LogP contribution in [0.15, 0.2) is 70.2 Å². The van der Waals surface area contributed by atoms with E-state index >= 15 is 0 Å². The molecule has 0 bridgehead atoms.